The van der Waals surface area contributed by atoms with E-state index < -0.39 is 0 Å². The molecule has 148 valence electrons. The van der Waals surface area contributed by atoms with Gasteiger partial charge >= 0.3 is 0 Å². The fourth-order valence-corrected chi connectivity index (χ4v) is 3.42. The number of methoxy groups -OCH3 is 1. The first-order valence-electron chi connectivity index (χ1n) is 9.73. The Kier molecular flexibility index (Phi) is 5.34. The molecule has 1 saturated heterocycles. The van der Waals surface area contributed by atoms with Crippen LogP contribution in [-0.2, 0) is 6.54 Å². The van der Waals surface area contributed by atoms with E-state index in [0.29, 0.717) is 24.2 Å². The van der Waals surface area contributed by atoms with E-state index in [1.54, 1.807) is 25.4 Å². The number of amides is 1. The maximum Gasteiger partial charge on any atom is 0.253 e. The Hall–Kier alpha value is -2.80. The minimum absolute atomic E-state index is 0.0411. The van der Waals surface area contributed by atoms with Crippen LogP contribution in [0.1, 0.15) is 35.2 Å². The Morgan fingerprint density at radius 1 is 1.25 bits per heavy atom. The van der Waals surface area contributed by atoms with Gasteiger partial charge in [0.05, 0.1) is 12.7 Å². The number of rotatable bonds is 7. The number of hydrogen-bond donors (Lipinski definition) is 3. The molecule has 2 heterocycles. The summed E-state index contributed by atoms with van der Waals surface area (Å²) in [5.41, 5.74) is 1.43. The highest BCUT2D eigenvalue weighted by molar-refractivity contribution is 5.94. The third kappa shape index (κ3) is 4.36. The molecule has 7 heteroatoms. The van der Waals surface area contributed by atoms with Crippen molar-refractivity contribution >= 4 is 11.7 Å². The highest BCUT2D eigenvalue weighted by Crippen LogP contribution is 2.24. The van der Waals surface area contributed by atoms with Gasteiger partial charge in [-0.3, -0.25) is 4.79 Å². The van der Waals surface area contributed by atoms with Gasteiger partial charge < -0.3 is 25.4 Å². The predicted octanol–water partition coefficient (Wildman–Crippen LogP) is 2.06. The molecular weight excluding hydrogens is 356 g/mol. The van der Waals surface area contributed by atoms with Gasteiger partial charge in [0, 0.05) is 43.5 Å². The Morgan fingerprint density at radius 2 is 2.11 bits per heavy atom. The van der Waals surface area contributed by atoms with Crippen LogP contribution in [0.3, 0.4) is 0 Å². The number of carbonyl (C=O) groups excluding carboxylic acids is 1. The van der Waals surface area contributed by atoms with Crippen LogP contribution in [0.2, 0.25) is 0 Å². The Morgan fingerprint density at radius 3 is 2.82 bits per heavy atom. The maximum absolute atomic E-state index is 12.1. The first-order valence-corrected chi connectivity index (χ1v) is 9.73. The van der Waals surface area contributed by atoms with E-state index in [2.05, 4.69) is 20.5 Å². The van der Waals surface area contributed by atoms with Gasteiger partial charge in [-0.05, 0) is 49.6 Å². The molecule has 4 rings (SSSR count). The molecule has 1 aliphatic heterocycles. The number of phenolic OH excluding ortho intramolecular Hbond substituents is 1. The van der Waals surface area contributed by atoms with E-state index in [4.69, 9.17) is 4.74 Å². The zero-order chi connectivity index (χ0) is 19.5. The molecule has 1 aliphatic carbocycles. The van der Waals surface area contributed by atoms with E-state index in [-0.39, 0.29) is 11.7 Å². The number of anilines is 1. The quantitative estimate of drug-likeness (QED) is 0.680. The van der Waals surface area contributed by atoms with Crippen LogP contribution in [0.5, 0.6) is 11.5 Å². The second-order valence-corrected chi connectivity index (χ2v) is 7.46. The van der Waals surface area contributed by atoms with E-state index in [0.717, 1.165) is 49.5 Å². The number of benzene rings is 1. The zero-order valence-corrected chi connectivity index (χ0v) is 16.0. The summed E-state index contributed by atoms with van der Waals surface area (Å²) in [6.07, 6.45) is 4.80. The number of hydrogen-bond acceptors (Lipinski definition) is 6. The van der Waals surface area contributed by atoms with Crippen LogP contribution in [0.25, 0.3) is 0 Å². The SMILES string of the molecule is COc1ccc(O)c(CN[C@H]2CCN(c3ccc(C(=O)NC4CC4)cn3)C2)c1. The van der Waals surface area contributed by atoms with E-state index in [9.17, 15) is 9.90 Å². The number of pyridine rings is 1. The Balaban J connectivity index is 1.30. The number of phenols is 1. The van der Waals surface area contributed by atoms with Crippen molar-refractivity contribution in [2.75, 3.05) is 25.1 Å². The summed E-state index contributed by atoms with van der Waals surface area (Å²) in [6, 6.07) is 9.67. The van der Waals surface area contributed by atoms with Crippen molar-refractivity contribution in [2.24, 2.45) is 0 Å². The van der Waals surface area contributed by atoms with Gasteiger partial charge in [0.15, 0.2) is 0 Å². The molecule has 0 radical (unpaired) electrons. The number of carbonyl (C=O) groups is 1. The molecule has 1 saturated carbocycles. The fourth-order valence-electron chi connectivity index (χ4n) is 3.42. The lowest BCUT2D eigenvalue weighted by Crippen LogP contribution is -2.32. The third-order valence-corrected chi connectivity index (χ3v) is 5.30. The van der Waals surface area contributed by atoms with Crippen LogP contribution in [0.4, 0.5) is 5.82 Å². The molecule has 1 aromatic carbocycles. The van der Waals surface area contributed by atoms with Gasteiger partial charge in [0.2, 0.25) is 0 Å². The van der Waals surface area contributed by atoms with Crippen LogP contribution >= 0.6 is 0 Å². The summed E-state index contributed by atoms with van der Waals surface area (Å²) in [4.78, 5) is 18.8. The minimum Gasteiger partial charge on any atom is -0.508 e. The second kappa shape index (κ2) is 8.06. The summed E-state index contributed by atoms with van der Waals surface area (Å²) in [7, 11) is 1.62. The summed E-state index contributed by atoms with van der Waals surface area (Å²) < 4.78 is 5.22. The normalized spacial score (nSPS) is 18.9. The van der Waals surface area contributed by atoms with Gasteiger partial charge in [-0.15, -0.1) is 0 Å². The smallest absolute Gasteiger partial charge is 0.253 e. The van der Waals surface area contributed by atoms with Crippen molar-refractivity contribution in [1.82, 2.24) is 15.6 Å². The largest absolute Gasteiger partial charge is 0.508 e. The number of aromatic hydroxyl groups is 1. The Bertz CT molecular complexity index is 836. The lowest BCUT2D eigenvalue weighted by atomic mass is 10.1. The first kappa shape index (κ1) is 18.6. The van der Waals surface area contributed by atoms with Gasteiger partial charge in [-0.25, -0.2) is 4.98 Å². The van der Waals surface area contributed by atoms with Crippen molar-refractivity contribution < 1.29 is 14.6 Å². The summed E-state index contributed by atoms with van der Waals surface area (Å²) in [5.74, 6) is 1.85. The topological polar surface area (TPSA) is 86.7 Å². The fraction of sp³-hybridized carbons (Fsp3) is 0.429. The van der Waals surface area contributed by atoms with Gasteiger partial charge in [-0.1, -0.05) is 0 Å². The molecule has 0 unspecified atom stereocenters. The van der Waals surface area contributed by atoms with Crippen LogP contribution in [-0.4, -0.2) is 48.3 Å². The highest BCUT2D eigenvalue weighted by atomic mass is 16.5. The van der Waals surface area contributed by atoms with Gasteiger partial charge in [0.25, 0.3) is 5.91 Å². The minimum atomic E-state index is -0.0411. The lowest BCUT2D eigenvalue weighted by molar-refractivity contribution is 0.0950. The van der Waals surface area contributed by atoms with Gasteiger partial charge in [-0.2, -0.15) is 0 Å². The predicted molar refractivity (Wildman–Crippen MR) is 107 cm³/mol. The molecule has 3 N–H and O–H groups in total. The molecule has 2 fully saturated rings. The maximum atomic E-state index is 12.1. The van der Waals surface area contributed by atoms with E-state index in [1.807, 2.05) is 18.2 Å². The summed E-state index contributed by atoms with van der Waals surface area (Å²) >= 11 is 0. The molecule has 0 spiro atoms. The second-order valence-electron chi connectivity index (χ2n) is 7.46. The Labute approximate surface area is 164 Å². The lowest BCUT2D eigenvalue weighted by Gasteiger charge is -2.18. The number of aromatic nitrogens is 1. The first-order chi connectivity index (χ1) is 13.6. The monoisotopic (exact) mass is 382 g/mol. The van der Waals surface area contributed by atoms with Crippen molar-refractivity contribution in [2.45, 2.75) is 37.9 Å². The molecule has 2 aromatic rings. The number of nitrogens with one attached hydrogen (secondary N) is 2. The molecule has 2 aliphatic rings. The van der Waals surface area contributed by atoms with Crippen LogP contribution < -0.4 is 20.3 Å². The highest BCUT2D eigenvalue weighted by Gasteiger charge is 2.25. The standard InChI is InChI=1S/C21H26N4O3/c1-28-18-5-6-19(26)15(10-18)12-22-17-8-9-25(13-17)20-7-2-14(11-23-20)21(27)24-16-3-4-16/h2,5-7,10-11,16-17,22,26H,3-4,8-9,12-13H2,1H3,(H,24,27)/t17-/m0/s1. The molecule has 0 bridgehead atoms. The third-order valence-electron chi connectivity index (χ3n) is 5.30. The van der Waals surface area contributed by atoms with Crippen molar-refractivity contribution in [1.29, 1.82) is 0 Å². The average Bonchev–Trinajstić information content (AvgIpc) is 3.41. The average molecular weight is 382 g/mol. The van der Waals surface area contributed by atoms with Crippen LogP contribution in [0.15, 0.2) is 36.5 Å². The van der Waals surface area contributed by atoms with Crippen LogP contribution in [0, 0.1) is 0 Å². The molecular formula is C21H26N4O3. The molecule has 7 nitrogen and oxygen atoms in total. The van der Waals surface area contributed by atoms with E-state index >= 15 is 0 Å². The zero-order valence-electron chi connectivity index (χ0n) is 16.0. The summed E-state index contributed by atoms with van der Waals surface area (Å²) in [5, 5.41) is 16.5. The molecule has 1 atom stereocenters. The number of ether oxygens (including phenoxy) is 1. The molecule has 1 aromatic heterocycles. The molecule has 28 heavy (non-hydrogen) atoms. The molecule has 1 amide bonds. The number of nitrogens with zero attached hydrogens (tertiary/aromatic N) is 2. The van der Waals surface area contributed by atoms with E-state index in [1.165, 1.54) is 0 Å². The van der Waals surface area contributed by atoms with Crippen molar-refractivity contribution in [3.8, 4) is 11.5 Å². The summed E-state index contributed by atoms with van der Waals surface area (Å²) in [6.45, 7) is 2.32. The van der Waals surface area contributed by atoms with Gasteiger partial charge in [0.1, 0.15) is 17.3 Å². The van der Waals surface area contributed by atoms with Crippen molar-refractivity contribution in [3.63, 3.8) is 0 Å². The van der Waals surface area contributed by atoms with Crippen molar-refractivity contribution in [3.05, 3.63) is 47.7 Å².